The Morgan fingerprint density at radius 3 is 2.79 bits per heavy atom. The SMILES string of the molecule is CC1(C2CC2)NC(=O)N(CC(=O)NCc2ccc(Br)cc2F)C1=O. The minimum Gasteiger partial charge on any atom is -0.350 e. The molecule has 0 spiro atoms. The molecule has 24 heavy (non-hydrogen) atoms. The van der Waals surface area contributed by atoms with Gasteiger partial charge >= 0.3 is 6.03 Å². The highest BCUT2D eigenvalue weighted by Gasteiger charge is 2.56. The number of benzene rings is 1. The van der Waals surface area contributed by atoms with Crippen LogP contribution < -0.4 is 10.6 Å². The summed E-state index contributed by atoms with van der Waals surface area (Å²) < 4.78 is 14.3. The van der Waals surface area contributed by atoms with Crippen molar-refractivity contribution >= 4 is 33.8 Å². The number of carbonyl (C=O) groups excluding carboxylic acids is 3. The van der Waals surface area contributed by atoms with Crippen LogP contribution in [0.4, 0.5) is 9.18 Å². The lowest BCUT2D eigenvalue weighted by molar-refractivity contribution is -0.135. The van der Waals surface area contributed by atoms with Crippen LogP contribution in [0.25, 0.3) is 0 Å². The second kappa shape index (κ2) is 6.16. The van der Waals surface area contributed by atoms with Gasteiger partial charge in [-0.3, -0.25) is 14.5 Å². The van der Waals surface area contributed by atoms with Crippen LogP contribution in [-0.2, 0) is 16.1 Å². The van der Waals surface area contributed by atoms with Crippen LogP contribution in [0.5, 0.6) is 0 Å². The molecule has 1 aromatic carbocycles. The molecule has 4 amide bonds. The van der Waals surface area contributed by atoms with Gasteiger partial charge in [0, 0.05) is 16.6 Å². The Hall–Kier alpha value is -1.96. The average molecular weight is 398 g/mol. The number of nitrogens with one attached hydrogen (secondary N) is 2. The van der Waals surface area contributed by atoms with E-state index >= 15 is 0 Å². The number of urea groups is 1. The van der Waals surface area contributed by atoms with Crippen LogP contribution in [-0.4, -0.2) is 34.8 Å². The number of carbonyl (C=O) groups is 3. The fourth-order valence-corrected chi connectivity index (χ4v) is 3.19. The average Bonchev–Trinajstić information content (AvgIpc) is 3.33. The molecule has 1 saturated carbocycles. The minimum absolute atomic E-state index is 0.0124. The van der Waals surface area contributed by atoms with Crippen molar-refractivity contribution in [1.82, 2.24) is 15.5 Å². The van der Waals surface area contributed by atoms with Crippen LogP contribution in [0.15, 0.2) is 22.7 Å². The van der Waals surface area contributed by atoms with Gasteiger partial charge in [-0.15, -0.1) is 0 Å². The van der Waals surface area contributed by atoms with Gasteiger partial charge in [0.2, 0.25) is 5.91 Å². The molecule has 6 nitrogen and oxygen atoms in total. The van der Waals surface area contributed by atoms with Crippen LogP contribution in [0.2, 0.25) is 0 Å². The molecule has 1 saturated heterocycles. The number of rotatable bonds is 5. The zero-order chi connectivity index (χ0) is 17.5. The Morgan fingerprint density at radius 2 is 2.17 bits per heavy atom. The van der Waals surface area contributed by atoms with Crippen LogP contribution in [0.3, 0.4) is 0 Å². The highest BCUT2D eigenvalue weighted by atomic mass is 79.9. The summed E-state index contributed by atoms with van der Waals surface area (Å²) >= 11 is 3.16. The first-order valence-electron chi connectivity index (χ1n) is 7.66. The summed E-state index contributed by atoms with van der Waals surface area (Å²) in [6.45, 7) is 1.31. The molecule has 2 N–H and O–H groups in total. The quantitative estimate of drug-likeness (QED) is 0.745. The third-order valence-electron chi connectivity index (χ3n) is 4.49. The monoisotopic (exact) mass is 397 g/mol. The minimum atomic E-state index is -0.908. The molecule has 3 rings (SSSR count). The summed E-state index contributed by atoms with van der Waals surface area (Å²) in [5, 5.41) is 5.21. The molecular formula is C16H17BrFN3O3. The lowest BCUT2D eigenvalue weighted by Crippen LogP contribution is -2.47. The third kappa shape index (κ3) is 3.15. The zero-order valence-corrected chi connectivity index (χ0v) is 14.7. The van der Waals surface area contributed by atoms with Crippen molar-refractivity contribution in [2.75, 3.05) is 6.54 Å². The first-order chi connectivity index (χ1) is 11.3. The highest BCUT2D eigenvalue weighted by Crippen LogP contribution is 2.42. The van der Waals surface area contributed by atoms with E-state index in [0.29, 0.717) is 10.0 Å². The first kappa shape index (κ1) is 16.9. The predicted octanol–water partition coefficient (Wildman–Crippen LogP) is 1.92. The first-order valence-corrected chi connectivity index (χ1v) is 8.45. The van der Waals surface area contributed by atoms with Crippen molar-refractivity contribution in [2.45, 2.75) is 31.8 Å². The van der Waals surface area contributed by atoms with E-state index in [1.165, 1.54) is 6.07 Å². The molecule has 1 aromatic rings. The molecule has 1 heterocycles. The zero-order valence-electron chi connectivity index (χ0n) is 13.1. The molecule has 8 heteroatoms. The molecule has 1 aliphatic heterocycles. The largest absolute Gasteiger partial charge is 0.350 e. The van der Waals surface area contributed by atoms with E-state index in [1.807, 2.05) is 0 Å². The maximum atomic E-state index is 13.7. The third-order valence-corrected chi connectivity index (χ3v) is 4.98. The van der Waals surface area contributed by atoms with E-state index in [1.54, 1.807) is 19.1 Å². The molecule has 2 fully saturated rings. The molecule has 1 atom stereocenters. The molecule has 0 aromatic heterocycles. The maximum Gasteiger partial charge on any atom is 0.325 e. The molecule has 1 unspecified atom stereocenters. The van der Waals surface area contributed by atoms with Gasteiger partial charge in [0.1, 0.15) is 17.9 Å². The second-order valence-corrected chi connectivity index (χ2v) is 7.23. The maximum absolute atomic E-state index is 13.7. The highest BCUT2D eigenvalue weighted by molar-refractivity contribution is 9.10. The van der Waals surface area contributed by atoms with Gasteiger partial charge in [0.05, 0.1) is 0 Å². The van der Waals surface area contributed by atoms with Crippen molar-refractivity contribution in [3.8, 4) is 0 Å². The summed E-state index contributed by atoms with van der Waals surface area (Å²) in [6.07, 6.45) is 1.79. The Labute approximate surface area is 146 Å². The smallest absolute Gasteiger partial charge is 0.325 e. The van der Waals surface area contributed by atoms with Crippen molar-refractivity contribution < 1.29 is 18.8 Å². The number of nitrogens with zero attached hydrogens (tertiary/aromatic N) is 1. The van der Waals surface area contributed by atoms with Gasteiger partial charge in [0.15, 0.2) is 0 Å². The lowest BCUT2D eigenvalue weighted by Gasteiger charge is -2.20. The van der Waals surface area contributed by atoms with Gasteiger partial charge in [-0.05, 0) is 37.8 Å². The van der Waals surface area contributed by atoms with Gasteiger partial charge in [-0.1, -0.05) is 22.0 Å². The van der Waals surface area contributed by atoms with Crippen molar-refractivity contribution in [3.63, 3.8) is 0 Å². The number of hydrogen-bond donors (Lipinski definition) is 2. The predicted molar refractivity (Wildman–Crippen MR) is 87.3 cm³/mol. The Kier molecular flexibility index (Phi) is 4.33. The van der Waals surface area contributed by atoms with E-state index in [0.717, 1.165) is 17.7 Å². The summed E-state index contributed by atoms with van der Waals surface area (Å²) in [5.74, 6) is -1.19. The number of halogens is 2. The van der Waals surface area contributed by atoms with Crippen LogP contribution in [0, 0.1) is 11.7 Å². The summed E-state index contributed by atoms with van der Waals surface area (Å²) in [5.41, 5.74) is -0.582. The van der Waals surface area contributed by atoms with Gasteiger partial charge < -0.3 is 10.6 Å². The molecule has 2 aliphatic rings. The number of imide groups is 1. The van der Waals surface area contributed by atoms with Gasteiger partial charge in [-0.2, -0.15) is 0 Å². The molecule has 0 bridgehead atoms. The Morgan fingerprint density at radius 1 is 1.46 bits per heavy atom. The topological polar surface area (TPSA) is 78.5 Å². The van der Waals surface area contributed by atoms with Gasteiger partial charge in [0.25, 0.3) is 5.91 Å². The Bertz CT molecular complexity index is 723. The standard InChI is InChI=1S/C16H17BrFN3O3/c1-16(10-3-4-10)14(23)21(15(24)20-16)8-13(22)19-7-9-2-5-11(17)6-12(9)18/h2,5-6,10H,3-4,7-8H2,1H3,(H,19,22)(H,20,24). The number of hydrogen-bond acceptors (Lipinski definition) is 3. The van der Waals surface area contributed by atoms with Crippen LogP contribution >= 0.6 is 15.9 Å². The molecular weight excluding hydrogens is 381 g/mol. The van der Waals surface area contributed by atoms with E-state index in [4.69, 9.17) is 0 Å². The molecule has 1 aliphatic carbocycles. The van der Waals surface area contributed by atoms with Crippen LogP contribution in [0.1, 0.15) is 25.3 Å². The normalized spacial score (nSPS) is 23.4. The fraction of sp³-hybridized carbons (Fsp3) is 0.438. The lowest BCUT2D eigenvalue weighted by atomic mass is 9.96. The van der Waals surface area contributed by atoms with Crippen molar-refractivity contribution in [2.24, 2.45) is 5.92 Å². The number of amides is 4. The summed E-state index contributed by atoms with van der Waals surface area (Å²) in [6, 6.07) is 3.97. The fourth-order valence-electron chi connectivity index (χ4n) is 2.86. The summed E-state index contributed by atoms with van der Waals surface area (Å²) in [4.78, 5) is 37.3. The van der Waals surface area contributed by atoms with E-state index < -0.39 is 23.3 Å². The van der Waals surface area contributed by atoms with E-state index in [-0.39, 0.29) is 24.9 Å². The Balaban J connectivity index is 1.58. The van der Waals surface area contributed by atoms with E-state index in [9.17, 15) is 18.8 Å². The van der Waals surface area contributed by atoms with Gasteiger partial charge in [-0.25, -0.2) is 9.18 Å². The van der Waals surface area contributed by atoms with E-state index in [2.05, 4.69) is 26.6 Å². The molecule has 0 radical (unpaired) electrons. The summed E-state index contributed by atoms with van der Waals surface area (Å²) in [7, 11) is 0. The van der Waals surface area contributed by atoms with Crippen molar-refractivity contribution in [3.05, 3.63) is 34.1 Å². The molecule has 128 valence electrons. The second-order valence-electron chi connectivity index (χ2n) is 6.31. The van der Waals surface area contributed by atoms with Crippen molar-refractivity contribution in [1.29, 1.82) is 0 Å².